The second kappa shape index (κ2) is 8.10. The van der Waals surface area contributed by atoms with Gasteiger partial charge in [0, 0.05) is 24.7 Å². The highest BCUT2D eigenvalue weighted by atomic mass is 32.1. The number of ether oxygens (including phenoxy) is 1. The van der Waals surface area contributed by atoms with Crippen molar-refractivity contribution in [2.24, 2.45) is 0 Å². The number of hydrogen-bond donors (Lipinski definition) is 2. The van der Waals surface area contributed by atoms with Crippen molar-refractivity contribution < 1.29 is 14.3 Å². The van der Waals surface area contributed by atoms with Crippen molar-refractivity contribution in [3.8, 4) is 11.1 Å². The summed E-state index contributed by atoms with van der Waals surface area (Å²) in [6, 6.07) is 12.3. The third kappa shape index (κ3) is 4.48. The van der Waals surface area contributed by atoms with Gasteiger partial charge in [-0.05, 0) is 24.5 Å². The van der Waals surface area contributed by atoms with Crippen LogP contribution >= 0.6 is 11.3 Å². The van der Waals surface area contributed by atoms with E-state index in [1.54, 1.807) is 0 Å². The Hall–Kier alpha value is -2.38. The molecular weight excluding hydrogens is 362 g/mol. The lowest BCUT2D eigenvalue weighted by Crippen LogP contribution is -2.37. The number of rotatable bonds is 6. The van der Waals surface area contributed by atoms with Crippen LogP contribution in [0, 0.1) is 0 Å². The van der Waals surface area contributed by atoms with Gasteiger partial charge in [0.2, 0.25) is 5.91 Å². The van der Waals surface area contributed by atoms with E-state index < -0.39 is 0 Å². The lowest BCUT2D eigenvalue weighted by Gasteiger charge is -2.28. The van der Waals surface area contributed by atoms with Crippen LogP contribution in [0.15, 0.2) is 36.4 Å². The Kier molecular flexibility index (Phi) is 5.40. The molecule has 1 saturated heterocycles. The number of carbonyl (C=O) groups is 2. The van der Waals surface area contributed by atoms with Gasteiger partial charge < -0.3 is 20.3 Å². The summed E-state index contributed by atoms with van der Waals surface area (Å²) >= 11 is 1.47. The van der Waals surface area contributed by atoms with E-state index in [1.807, 2.05) is 24.3 Å². The van der Waals surface area contributed by atoms with Crippen LogP contribution in [0.2, 0.25) is 0 Å². The third-order valence-electron chi connectivity index (χ3n) is 4.67. The molecule has 0 unspecified atom stereocenters. The number of benzene rings is 1. The van der Waals surface area contributed by atoms with Crippen LogP contribution in [0.4, 0.5) is 5.00 Å². The van der Waals surface area contributed by atoms with E-state index in [2.05, 4.69) is 27.7 Å². The van der Waals surface area contributed by atoms with Crippen molar-refractivity contribution in [1.82, 2.24) is 10.6 Å². The van der Waals surface area contributed by atoms with Gasteiger partial charge in [0.05, 0.1) is 29.6 Å². The lowest BCUT2D eigenvalue weighted by atomic mass is 10.1. The summed E-state index contributed by atoms with van der Waals surface area (Å²) in [7, 11) is 0. The van der Waals surface area contributed by atoms with Gasteiger partial charge in [-0.2, -0.15) is 0 Å². The molecule has 27 heavy (non-hydrogen) atoms. The average Bonchev–Trinajstić information content (AvgIpc) is 3.41. The van der Waals surface area contributed by atoms with Gasteiger partial charge in [0.1, 0.15) is 0 Å². The van der Waals surface area contributed by atoms with Crippen LogP contribution < -0.4 is 15.5 Å². The quantitative estimate of drug-likeness (QED) is 0.800. The largest absolute Gasteiger partial charge is 0.378 e. The number of hydrogen-bond acceptors (Lipinski definition) is 5. The van der Waals surface area contributed by atoms with Gasteiger partial charge in [-0.15, -0.1) is 11.3 Å². The topological polar surface area (TPSA) is 70.7 Å². The fourth-order valence-corrected chi connectivity index (χ4v) is 4.22. The predicted octanol–water partition coefficient (Wildman–Crippen LogP) is 2.26. The number of nitrogens with one attached hydrogen (secondary N) is 2. The van der Waals surface area contributed by atoms with Crippen LogP contribution in [0.5, 0.6) is 0 Å². The maximum Gasteiger partial charge on any atom is 0.261 e. The molecule has 1 aromatic heterocycles. The van der Waals surface area contributed by atoms with Gasteiger partial charge in [-0.25, -0.2) is 0 Å². The molecule has 6 nitrogen and oxygen atoms in total. The Morgan fingerprint density at radius 3 is 2.59 bits per heavy atom. The first-order valence-corrected chi connectivity index (χ1v) is 10.1. The zero-order chi connectivity index (χ0) is 18.6. The van der Waals surface area contributed by atoms with Crippen LogP contribution in [0.25, 0.3) is 11.1 Å². The molecule has 1 aromatic carbocycles. The SMILES string of the molecule is O=C(CNC(=O)c1cc(-c2ccccc2)c(N2CCOCC2)s1)NC1CC1. The van der Waals surface area contributed by atoms with Crippen molar-refractivity contribution >= 4 is 28.2 Å². The number of nitrogens with zero attached hydrogens (tertiary/aromatic N) is 1. The smallest absolute Gasteiger partial charge is 0.261 e. The standard InChI is InChI=1S/C20H23N3O3S/c24-18(22-15-6-7-15)13-21-19(25)17-12-16(14-4-2-1-3-5-14)20(27-17)23-8-10-26-11-9-23/h1-5,12,15H,6-11,13H2,(H,21,25)(H,22,24). The molecule has 2 fully saturated rings. The summed E-state index contributed by atoms with van der Waals surface area (Å²) < 4.78 is 5.46. The molecule has 2 heterocycles. The molecule has 7 heteroatoms. The number of anilines is 1. The van der Waals surface area contributed by atoms with Gasteiger partial charge in [0.25, 0.3) is 5.91 Å². The third-order valence-corrected chi connectivity index (χ3v) is 5.87. The summed E-state index contributed by atoms with van der Waals surface area (Å²) in [5.74, 6) is -0.332. The molecule has 1 aliphatic heterocycles. The normalized spacial score (nSPS) is 16.8. The monoisotopic (exact) mass is 385 g/mol. The van der Waals surface area contributed by atoms with Crippen molar-refractivity contribution in [3.63, 3.8) is 0 Å². The zero-order valence-corrected chi connectivity index (χ0v) is 15.9. The molecule has 1 saturated carbocycles. The van der Waals surface area contributed by atoms with E-state index >= 15 is 0 Å². The van der Waals surface area contributed by atoms with Crippen LogP contribution in [-0.4, -0.2) is 50.7 Å². The number of morpholine rings is 1. The first kappa shape index (κ1) is 18.0. The van der Waals surface area contributed by atoms with Crippen molar-refractivity contribution in [2.45, 2.75) is 18.9 Å². The molecular formula is C20H23N3O3S. The fourth-order valence-electron chi connectivity index (χ4n) is 3.07. The molecule has 142 valence electrons. The van der Waals surface area contributed by atoms with Gasteiger partial charge >= 0.3 is 0 Å². The van der Waals surface area contributed by atoms with Crippen LogP contribution in [0.1, 0.15) is 22.5 Å². The summed E-state index contributed by atoms with van der Waals surface area (Å²) in [5, 5.41) is 6.71. The molecule has 2 aliphatic rings. The summed E-state index contributed by atoms with van der Waals surface area (Å²) in [6.07, 6.45) is 2.07. The molecule has 0 spiro atoms. The number of amides is 2. The Morgan fingerprint density at radius 1 is 1.15 bits per heavy atom. The fraction of sp³-hybridized carbons (Fsp3) is 0.400. The molecule has 2 amide bonds. The van der Waals surface area contributed by atoms with E-state index in [4.69, 9.17) is 4.74 Å². The number of carbonyl (C=O) groups excluding carboxylic acids is 2. The average molecular weight is 385 g/mol. The van der Waals surface area contributed by atoms with Gasteiger partial charge in [-0.1, -0.05) is 30.3 Å². The highest BCUT2D eigenvalue weighted by molar-refractivity contribution is 7.18. The highest BCUT2D eigenvalue weighted by Crippen LogP contribution is 2.39. The molecule has 0 bridgehead atoms. The second-order valence-corrected chi connectivity index (χ2v) is 7.85. The second-order valence-electron chi connectivity index (χ2n) is 6.82. The molecule has 4 rings (SSSR count). The maximum absolute atomic E-state index is 12.6. The van der Waals surface area contributed by atoms with Crippen LogP contribution in [0.3, 0.4) is 0 Å². The molecule has 1 aliphatic carbocycles. The Bertz CT molecular complexity index is 811. The maximum atomic E-state index is 12.6. The van der Waals surface area contributed by atoms with Crippen molar-refractivity contribution in [1.29, 1.82) is 0 Å². The minimum absolute atomic E-state index is 0.0147. The zero-order valence-electron chi connectivity index (χ0n) is 15.1. The molecule has 0 radical (unpaired) electrons. The van der Waals surface area contributed by atoms with E-state index in [0.717, 1.165) is 42.1 Å². The van der Waals surface area contributed by atoms with E-state index in [-0.39, 0.29) is 18.4 Å². The minimum Gasteiger partial charge on any atom is -0.378 e. The predicted molar refractivity (Wildman–Crippen MR) is 106 cm³/mol. The van der Waals surface area contributed by atoms with E-state index in [0.29, 0.717) is 24.1 Å². The summed E-state index contributed by atoms with van der Waals surface area (Å²) in [4.78, 5) is 27.3. The first-order chi connectivity index (χ1) is 13.2. The number of thiophene rings is 1. The van der Waals surface area contributed by atoms with Crippen molar-refractivity contribution in [3.05, 3.63) is 41.3 Å². The van der Waals surface area contributed by atoms with Crippen LogP contribution in [-0.2, 0) is 9.53 Å². The summed E-state index contributed by atoms with van der Waals surface area (Å²) in [6.45, 7) is 3.02. The van der Waals surface area contributed by atoms with E-state index in [9.17, 15) is 9.59 Å². The van der Waals surface area contributed by atoms with Crippen molar-refractivity contribution in [2.75, 3.05) is 37.7 Å². The van der Waals surface area contributed by atoms with Gasteiger partial charge in [0.15, 0.2) is 0 Å². The first-order valence-electron chi connectivity index (χ1n) is 9.30. The Morgan fingerprint density at radius 2 is 1.89 bits per heavy atom. The highest BCUT2D eigenvalue weighted by Gasteiger charge is 2.24. The molecule has 2 N–H and O–H groups in total. The Labute approximate surface area is 162 Å². The molecule has 0 atom stereocenters. The minimum atomic E-state index is -0.206. The lowest BCUT2D eigenvalue weighted by molar-refractivity contribution is -0.120. The Balaban J connectivity index is 1.52. The molecule has 2 aromatic rings. The van der Waals surface area contributed by atoms with Gasteiger partial charge in [-0.3, -0.25) is 9.59 Å². The van der Waals surface area contributed by atoms with E-state index in [1.165, 1.54) is 11.3 Å². The summed E-state index contributed by atoms with van der Waals surface area (Å²) in [5.41, 5.74) is 2.14.